The van der Waals surface area contributed by atoms with Gasteiger partial charge in [0.1, 0.15) is 9.11 Å². The van der Waals surface area contributed by atoms with Crippen LogP contribution >= 0.6 is 34.9 Å². The number of amidine groups is 1. The van der Waals surface area contributed by atoms with Crippen molar-refractivity contribution in [2.24, 2.45) is 4.99 Å². The molecule has 1 saturated heterocycles. The summed E-state index contributed by atoms with van der Waals surface area (Å²) in [5, 5.41) is 3.12. The first kappa shape index (κ1) is 25.8. The smallest absolute Gasteiger partial charge is 0.271 e. The third-order valence-electron chi connectivity index (χ3n) is 6.06. The molecule has 0 spiro atoms. The third kappa shape index (κ3) is 5.22. The predicted octanol–water partition coefficient (Wildman–Crippen LogP) is 6.72. The Hall–Kier alpha value is -3.51. The van der Waals surface area contributed by atoms with Gasteiger partial charge in [0.25, 0.3) is 15.9 Å². The van der Waals surface area contributed by atoms with E-state index in [1.165, 1.54) is 11.8 Å². The minimum absolute atomic E-state index is 0.112. The molecule has 196 valence electrons. The Labute approximate surface area is 239 Å². The van der Waals surface area contributed by atoms with E-state index in [2.05, 4.69) is 4.72 Å². The van der Waals surface area contributed by atoms with E-state index in [9.17, 15) is 13.2 Å². The Morgan fingerprint density at radius 3 is 2.46 bits per heavy atom. The second-order valence-corrected chi connectivity index (χ2v) is 13.6. The van der Waals surface area contributed by atoms with Crippen molar-refractivity contribution in [2.75, 3.05) is 16.7 Å². The molecule has 1 fully saturated rings. The van der Waals surface area contributed by atoms with Gasteiger partial charge in [-0.15, -0.1) is 11.3 Å². The lowest BCUT2D eigenvalue weighted by Crippen LogP contribution is -2.29. The first-order chi connectivity index (χ1) is 18.9. The Morgan fingerprint density at radius 1 is 0.897 bits per heavy atom. The van der Waals surface area contributed by atoms with Crippen LogP contribution in [0.1, 0.15) is 5.56 Å². The summed E-state index contributed by atoms with van der Waals surface area (Å²) in [5.41, 5.74) is 2.98. The lowest BCUT2D eigenvalue weighted by atomic mass is 10.2. The molecule has 3 heterocycles. The van der Waals surface area contributed by atoms with Gasteiger partial charge in [-0.05, 0) is 59.1 Å². The first-order valence-corrected chi connectivity index (χ1v) is 15.9. The van der Waals surface area contributed by atoms with E-state index in [4.69, 9.17) is 4.99 Å². The van der Waals surface area contributed by atoms with Crippen LogP contribution in [0.15, 0.2) is 120 Å². The molecule has 0 aliphatic carbocycles. The van der Waals surface area contributed by atoms with Crippen LogP contribution in [0, 0.1) is 0 Å². The topological polar surface area (TPSA) is 82.1 Å². The molecule has 0 bridgehead atoms. The normalized spacial score (nSPS) is 18.2. The molecule has 1 aromatic heterocycles. The average Bonchev–Trinajstić information content (AvgIpc) is 3.66. The number of amides is 1. The molecule has 7 nitrogen and oxygen atoms in total. The molecule has 0 saturated carbocycles. The molecule has 1 amide bonds. The molecular formula is C28H22N4O3S4. The molecule has 39 heavy (non-hydrogen) atoms. The van der Waals surface area contributed by atoms with E-state index in [-0.39, 0.29) is 10.1 Å². The zero-order valence-electron chi connectivity index (χ0n) is 20.6. The van der Waals surface area contributed by atoms with Gasteiger partial charge >= 0.3 is 0 Å². The second-order valence-electron chi connectivity index (χ2n) is 8.72. The predicted molar refractivity (Wildman–Crippen MR) is 161 cm³/mol. The minimum Gasteiger partial charge on any atom is -0.337 e. The van der Waals surface area contributed by atoms with Crippen molar-refractivity contribution in [2.45, 2.75) is 15.6 Å². The zero-order chi connectivity index (χ0) is 27.0. The van der Waals surface area contributed by atoms with E-state index >= 15 is 0 Å². The van der Waals surface area contributed by atoms with Gasteiger partial charge in [0, 0.05) is 11.9 Å². The molecule has 6 rings (SSSR count). The molecule has 2 aliphatic rings. The number of fused-ring (bicyclic) bond motifs is 1. The van der Waals surface area contributed by atoms with E-state index in [0.717, 1.165) is 32.5 Å². The largest absolute Gasteiger partial charge is 0.337 e. The molecule has 3 aromatic carbocycles. The zero-order valence-corrected chi connectivity index (χ0v) is 23.9. The maximum atomic E-state index is 13.8. The van der Waals surface area contributed by atoms with Crippen LogP contribution < -0.4 is 9.62 Å². The average molecular weight is 591 g/mol. The number of sulfonamides is 1. The van der Waals surface area contributed by atoms with Crippen LogP contribution in [0.3, 0.4) is 0 Å². The molecule has 0 unspecified atom stereocenters. The van der Waals surface area contributed by atoms with Gasteiger partial charge < -0.3 is 4.90 Å². The summed E-state index contributed by atoms with van der Waals surface area (Å²) >= 11 is 4.06. The Bertz CT molecular complexity index is 1720. The number of thiophene rings is 1. The van der Waals surface area contributed by atoms with Crippen LogP contribution in [0.25, 0.3) is 0 Å². The number of aliphatic imine (C=N–C) groups is 1. The highest BCUT2D eigenvalue weighted by molar-refractivity contribution is 8.19. The number of nitrogens with zero attached hydrogens (tertiary/aromatic N) is 3. The van der Waals surface area contributed by atoms with Gasteiger partial charge in [-0.3, -0.25) is 14.4 Å². The summed E-state index contributed by atoms with van der Waals surface area (Å²) in [4.78, 5) is 24.1. The monoisotopic (exact) mass is 590 g/mol. The number of hydrogen-bond donors (Lipinski definition) is 1. The number of nitrogens with one attached hydrogen (secondary N) is 1. The van der Waals surface area contributed by atoms with Gasteiger partial charge in [0.2, 0.25) is 0 Å². The van der Waals surface area contributed by atoms with Crippen molar-refractivity contribution < 1.29 is 13.2 Å². The van der Waals surface area contributed by atoms with Crippen LogP contribution in [-0.4, -0.2) is 31.4 Å². The lowest BCUT2D eigenvalue weighted by molar-refractivity contribution is -0.122. The number of benzene rings is 3. The van der Waals surface area contributed by atoms with Crippen LogP contribution in [0.2, 0.25) is 0 Å². The summed E-state index contributed by atoms with van der Waals surface area (Å²) < 4.78 is 28.3. The van der Waals surface area contributed by atoms with E-state index < -0.39 is 10.0 Å². The molecular weight excluding hydrogens is 569 g/mol. The van der Waals surface area contributed by atoms with Crippen molar-refractivity contribution in [3.63, 3.8) is 0 Å². The van der Waals surface area contributed by atoms with Crippen molar-refractivity contribution in [1.82, 2.24) is 4.90 Å². The summed E-state index contributed by atoms with van der Waals surface area (Å²) in [6.07, 6.45) is 0. The van der Waals surface area contributed by atoms with E-state index in [1.807, 2.05) is 66.5 Å². The second kappa shape index (κ2) is 10.6. The van der Waals surface area contributed by atoms with Crippen molar-refractivity contribution in [1.29, 1.82) is 0 Å². The number of carbonyl (C=O) groups is 1. The number of para-hydroxylation sites is 1. The van der Waals surface area contributed by atoms with Gasteiger partial charge in [-0.2, -0.15) is 0 Å². The van der Waals surface area contributed by atoms with Gasteiger partial charge in [-0.25, -0.2) is 13.4 Å². The Kier molecular flexibility index (Phi) is 6.98. The SMILES string of the molecule is CN1/C(=C2/SC(=Nc3cccc(NS(=O)(=O)c4cccs4)c3)N(Cc3ccccc3)C2=O)Sc2ccccc21. The van der Waals surface area contributed by atoms with Gasteiger partial charge in [0.15, 0.2) is 5.17 Å². The number of rotatable bonds is 6. The third-order valence-corrected chi connectivity index (χ3v) is 11.3. The van der Waals surface area contributed by atoms with Crippen LogP contribution in [0.4, 0.5) is 17.1 Å². The molecule has 4 aromatic rings. The van der Waals surface area contributed by atoms with Crippen molar-refractivity contribution in [3.8, 4) is 0 Å². The van der Waals surface area contributed by atoms with Gasteiger partial charge in [0.05, 0.1) is 28.6 Å². The molecule has 0 radical (unpaired) electrons. The summed E-state index contributed by atoms with van der Waals surface area (Å²) in [7, 11) is -1.72. The summed E-state index contributed by atoms with van der Waals surface area (Å²) in [6.45, 7) is 0.369. The maximum absolute atomic E-state index is 13.8. The lowest BCUT2D eigenvalue weighted by Gasteiger charge is -2.17. The fraction of sp³-hybridized carbons (Fsp3) is 0.0714. The molecule has 1 N–H and O–H groups in total. The van der Waals surface area contributed by atoms with Crippen LogP contribution in [-0.2, 0) is 21.4 Å². The number of anilines is 2. The summed E-state index contributed by atoms with van der Waals surface area (Å²) in [6, 6.07) is 28.0. The molecule has 0 atom stereocenters. The van der Waals surface area contributed by atoms with E-state index in [0.29, 0.717) is 28.0 Å². The van der Waals surface area contributed by atoms with Crippen molar-refractivity contribution in [3.05, 3.63) is 112 Å². The fourth-order valence-corrected chi connectivity index (χ4v) is 8.58. The summed E-state index contributed by atoms with van der Waals surface area (Å²) in [5.74, 6) is -0.112. The molecule has 2 aliphatic heterocycles. The highest BCUT2D eigenvalue weighted by Crippen LogP contribution is 2.50. The maximum Gasteiger partial charge on any atom is 0.271 e. The molecule has 11 heteroatoms. The van der Waals surface area contributed by atoms with Gasteiger partial charge in [-0.1, -0.05) is 66.4 Å². The number of carbonyl (C=O) groups excluding carboxylic acids is 1. The minimum atomic E-state index is -3.69. The number of hydrogen-bond acceptors (Lipinski definition) is 8. The van der Waals surface area contributed by atoms with Crippen LogP contribution in [0.5, 0.6) is 0 Å². The fourth-order valence-electron chi connectivity index (χ4n) is 4.20. The number of thioether (sulfide) groups is 2. The Balaban J connectivity index is 1.35. The first-order valence-electron chi connectivity index (χ1n) is 11.9. The van der Waals surface area contributed by atoms with E-state index in [1.54, 1.807) is 58.4 Å². The quantitative estimate of drug-likeness (QED) is 0.251. The highest BCUT2D eigenvalue weighted by Gasteiger charge is 2.39. The Morgan fingerprint density at radius 2 is 1.69 bits per heavy atom. The standard InChI is InChI=1S/C28H22N4O3S4/c1-31-22-13-5-6-14-23(22)37-27(31)25-26(33)32(18-19-9-3-2-4-10-19)28(38-25)29-20-11-7-12-21(17-20)30-39(34,35)24-15-8-16-36-24/h2-17,30H,18H2,1H3/b27-25-,29-28?. The highest BCUT2D eigenvalue weighted by atomic mass is 32.2. The van der Waals surface area contributed by atoms with Crippen molar-refractivity contribution >= 4 is 73.0 Å².